The van der Waals surface area contributed by atoms with Gasteiger partial charge in [-0.05, 0) is 71.9 Å². The molecule has 1 aromatic rings. The topological polar surface area (TPSA) is 30.5 Å². The van der Waals surface area contributed by atoms with E-state index in [0.717, 1.165) is 41.9 Å². The zero-order chi connectivity index (χ0) is 15.0. The van der Waals surface area contributed by atoms with Crippen LogP contribution in [-0.2, 0) is 6.42 Å². The smallest absolute Gasteiger partial charge is 0.133 e. The Morgan fingerprint density at radius 2 is 1.85 bits per heavy atom. The molecule has 114 valence electrons. The summed E-state index contributed by atoms with van der Waals surface area (Å²) in [6.07, 6.45) is 3.39. The first-order valence-corrected chi connectivity index (χ1v) is 8.02. The number of hydrogen-bond donors (Lipinski definition) is 1. The van der Waals surface area contributed by atoms with Crippen LogP contribution in [0.2, 0.25) is 0 Å². The highest BCUT2D eigenvalue weighted by Crippen LogP contribution is 2.33. The van der Waals surface area contributed by atoms with Crippen molar-refractivity contribution in [1.82, 2.24) is 5.32 Å². The molecule has 0 aliphatic rings. The molecule has 1 N–H and O–H groups in total. The zero-order valence-corrected chi connectivity index (χ0v) is 14.5. The molecule has 1 rings (SSSR count). The molecule has 0 spiro atoms. The fraction of sp³-hybridized carbons (Fsp3) is 0.625. The van der Waals surface area contributed by atoms with Crippen molar-refractivity contribution < 1.29 is 9.47 Å². The van der Waals surface area contributed by atoms with E-state index in [1.54, 1.807) is 14.2 Å². The predicted molar refractivity (Wildman–Crippen MR) is 87.9 cm³/mol. The highest BCUT2D eigenvalue weighted by Gasteiger charge is 2.11. The molecule has 1 unspecified atom stereocenters. The monoisotopic (exact) mass is 343 g/mol. The number of benzene rings is 1. The minimum atomic E-state index is 0.702. The Kier molecular flexibility index (Phi) is 8.00. The molecule has 0 fully saturated rings. The molecule has 0 amide bonds. The van der Waals surface area contributed by atoms with Gasteiger partial charge in [-0.25, -0.2) is 0 Å². The maximum Gasteiger partial charge on any atom is 0.133 e. The molecule has 0 aromatic heterocycles. The second-order valence-electron chi connectivity index (χ2n) is 5.08. The normalized spacial score (nSPS) is 12.2. The van der Waals surface area contributed by atoms with Gasteiger partial charge in [0.2, 0.25) is 0 Å². The van der Waals surface area contributed by atoms with Crippen molar-refractivity contribution in [2.75, 3.05) is 27.3 Å². The second kappa shape index (κ2) is 9.24. The van der Waals surface area contributed by atoms with Crippen LogP contribution in [0.3, 0.4) is 0 Å². The molecule has 1 atom stereocenters. The van der Waals surface area contributed by atoms with Gasteiger partial charge in [0.1, 0.15) is 11.5 Å². The minimum Gasteiger partial charge on any atom is -0.496 e. The fourth-order valence-corrected chi connectivity index (χ4v) is 2.67. The number of methoxy groups -OCH3 is 2. The summed E-state index contributed by atoms with van der Waals surface area (Å²) in [5, 5.41) is 3.37. The number of aryl methyl sites for hydroxylation is 1. The van der Waals surface area contributed by atoms with Crippen molar-refractivity contribution in [3.8, 4) is 11.5 Å². The first-order valence-electron chi connectivity index (χ1n) is 7.23. The van der Waals surface area contributed by atoms with Gasteiger partial charge in [-0.3, -0.25) is 0 Å². The Balaban J connectivity index is 2.62. The van der Waals surface area contributed by atoms with Gasteiger partial charge < -0.3 is 14.8 Å². The number of ether oxygens (including phenoxy) is 2. The van der Waals surface area contributed by atoms with Crippen molar-refractivity contribution in [2.45, 2.75) is 33.1 Å². The quantitative estimate of drug-likeness (QED) is 0.686. The number of rotatable bonds is 9. The Bertz CT molecular complexity index is 410. The summed E-state index contributed by atoms with van der Waals surface area (Å²) in [5.41, 5.74) is 1.21. The summed E-state index contributed by atoms with van der Waals surface area (Å²) < 4.78 is 11.7. The highest BCUT2D eigenvalue weighted by molar-refractivity contribution is 9.10. The standard InChI is InChI=1S/C16H26BrNO2/c1-5-18-9-8-12(2)6-7-13-10-16(20-4)14(17)11-15(13)19-3/h10-12,18H,5-9H2,1-4H3. The molecule has 3 nitrogen and oxygen atoms in total. The Morgan fingerprint density at radius 3 is 2.45 bits per heavy atom. The lowest BCUT2D eigenvalue weighted by Gasteiger charge is -2.15. The lowest BCUT2D eigenvalue weighted by atomic mass is 9.97. The average molecular weight is 344 g/mol. The summed E-state index contributed by atoms with van der Waals surface area (Å²) in [6.45, 7) is 6.59. The van der Waals surface area contributed by atoms with Crippen LogP contribution < -0.4 is 14.8 Å². The van der Waals surface area contributed by atoms with E-state index >= 15 is 0 Å². The fourth-order valence-electron chi connectivity index (χ4n) is 2.19. The minimum absolute atomic E-state index is 0.702. The third-order valence-electron chi connectivity index (χ3n) is 3.53. The van der Waals surface area contributed by atoms with E-state index < -0.39 is 0 Å². The van der Waals surface area contributed by atoms with Crippen LogP contribution in [0.4, 0.5) is 0 Å². The molecular weight excluding hydrogens is 318 g/mol. The van der Waals surface area contributed by atoms with Crippen molar-refractivity contribution >= 4 is 15.9 Å². The van der Waals surface area contributed by atoms with Crippen LogP contribution in [0.25, 0.3) is 0 Å². The van der Waals surface area contributed by atoms with E-state index in [9.17, 15) is 0 Å². The largest absolute Gasteiger partial charge is 0.496 e. The van der Waals surface area contributed by atoms with Gasteiger partial charge in [-0.2, -0.15) is 0 Å². The van der Waals surface area contributed by atoms with Crippen LogP contribution in [0.5, 0.6) is 11.5 Å². The number of halogens is 1. The maximum absolute atomic E-state index is 5.46. The van der Waals surface area contributed by atoms with Crippen LogP contribution >= 0.6 is 15.9 Å². The van der Waals surface area contributed by atoms with E-state index in [-0.39, 0.29) is 0 Å². The van der Waals surface area contributed by atoms with Gasteiger partial charge in [-0.15, -0.1) is 0 Å². The molecule has 0 aliphatic heterocycles. The van der Waals surface area contributed by atoms with Crippen molar-refractivity contribution in [3.05, 3.63) is 22.2 Å². The van der Waals surface area contributed by atoms with Crippen LogP contribution in [0, 0.1) is 5.92 Å². The van der Waals surface area contributed by atoms with E-state index in [1.165, 1.54) is 12.0 Å². The lowest BCUT2D eigenvalue weighted by Crippen LogP contribution is -2.16. The molecule has 20 heavy (non-hydrogen) atoms. The number of hydrogen-bond acceptors (Lipinski definition) is 3. The van der Waals surface area contributed by atoms with Crippen molar-refractivity contribution in [3.63, 3.8) is 0 Å². The molecule has 0 heterocycles. The van der Waals surface area contributed by atoms with Gasteiger partial charge >= 0.3 is 0 Å². The van der Waals surface area contributed by atoms with Gasteiger partial charge in [0.05, 0.1) is 18.7 Å². The van der Waals surface area contributed by atoms with Crippen LogP contribution in [0.1, 0.15) is 32.3 Å². The number of nitrogens with one attached hydrogen (secondary N) is 1. The first-order chi connectivity index (χ1) is 9.62. The predicted octanol–water partition coefficient (Wildman–Crippen LogP) is 4.03. The van der Waals surface area contributed by atoms with Crippen molar-refractivity contribution in [1.29, 1.82) is 0 Å². The van der Waals surface area contributed by atoms with Gasteiger partial charge in [-0.1, -0.05) is 13.8 Å². The average Bonchev–Trinajstić information content (AvgIpc) is 2.45. The second-order valence-corrected chi connectivity index (χ2v) is 5.94. The highest BCUT2D eigenvalue weighted by atomic mass is 79.9. The van der Waals surface area contributed by atoms with E-state index in [2.05, 4.69) is 41.2 Å². The molecule has 0 bridgehead atoms. The molecule has 0 radical (unpaired) electrons. The zero-order valence-electron chi connectivity index (χ0n) is 13.0. The third-order valence-corrected chi connectivity index (χ3v) is 4.14. The first kappa shape index (κ1) is 17.3. The van der Waals surface area contributed by atoms with Crippen LogP contribution in [0.15, 0.2) is 16.6 Å². The summed E-state index contributed by atoms with van der Waals surface area (Å²) >= 11 is 3.49. The third kappa shape index (κ3) is 5.33. The van der Waals surface area contributed by atoms with E-state index in [0.29, 0.717) is 5.92 Å². The van der Waals surface area contributed by atoms with Gasteiger partial charge in [0, 0.05) is 0 Å². The summed E-state index contributed by atoms with van der Waals surface area (Å²) in [7, 11) is 3.40. The molecule has 0 aliphatic carbocycles. The summed E-state index contributed by atoms with van der Waals surface area (Å²) in [6, 6.07) is 4.05. The molecular formula is C16H26BrNO2. The van der Waals surface area contributed by atoms with Gasteiger partial charge in [0.25, 0.3) is 0 Å². The van der Waals surface area contributed by atoms with E-state index in [1.807, 2.05) is 6.07 Å². The SMILES string of the molecule is CCNCCC(C)CCc1cc(OC)c(Br)cc1OC. The molecule has 4 heteroatoms. The Hall–Kier alpha value is -0.740. The molecule has 0 saturated carbocycles. The summed E-state index contributed by atoms with van der Waals surface area (Å²) in [4.78, 5) is 0. The molecule has 0 saturated heterocycles. The molecule has 1 aromatic carbocycles. The van der Waals surface area contributed by atoms with Gasteiger partial charge in [0.15, 0.2) is 0 Å². The maximum atomic E-state index is 5.46. The van der Waals surface area contributed by atoms with Crippen molar-refractivity contribution in [2.24, 2.45) is 5.92 Å². The Labute approximate surface area is 131 Å². The van der Waals surface area contributed by atoms with Crippen LogP contribution in [-0.4, -0.2) is 27.3 Å². The van der Waals surface area contributed by atoms with E-state index in [4.69, 9.17) is 9.47 Å². The summed E-state index contributed by atoms with van der Waals surface area (Å²) in [5.74, 6) is 2.49. The Morgan fingerprint density at radius 1 is 1.15 bits per heavy atom. The lowest BCUT2D eigenvalue weighted by molar-refractivity contribution is 0.393.